The quantitative estimate of drug-likeness (QED) is 0.785. The summed E-state index contributed by atoms with van der Waals surface area (Å²) >= 11 is 0. The fraction of sp³-hybridized carbons (Fsp3) is 0.500. The van der Waals surface area contributed by atoms with Gasteiger partial charge in [0.05, 0.1) is 0 Å². The molecule has 0 amide bonds. The second-order valence-corrected chi connectivity index (χ2v) is 4.82. The molecule has 0 saturated carbocycles. The van der Waals surface area contributed by atoms with Crippen LogP contribution in [0, 0.1) is 5.41 Å². The van der Waals surface area contributed by atoms with Gasteiger partial charge in [-0.2, -0.15) is 13.2 Å². The SMILES string of the molecule is CC(C)(C)C(O)(c1ccccc1)C(F)(F)F. The molecule has 0 aliphatic rings. The number of hydrogen-bond donors (Lipinski definition) is 1. The summed E-state index contributed by atoms with van der Waals surface area (Å²) in [5, 5.41) is 10.0. The normalized spacial score (nSPS) is 16.9. The molecule has 0 radical (unpaired) electrons. The van der Waals surface area contributed by atoms with E-state index in [1.807, 2.05) is 0 Å². The first-order valence-electron chi connectivity index (χ1n) is 4.95. The van der Waals surface area contributed by atoms with E-state index in [0.717, 1.165) is 0 Å². The predicted molar refractivity (Wildman–Crippen MR) is 55.8 cm³/mol. The zero-order valence-corrected chi connectivity index (χ0v) is 9.47. The first-order valence-corrected chi connectivity index (χ1v) is 4.95. The number of halogens is 3. The zero-order valence-electron chi connectivity index (χ0n) is 9.47. The molecule has 0 aliphatic heterocycles. The Kier molecular flexibility index (Phi) is 3.07. The fourth-order valence-corrected chi connectivity index (χ4v) is 1.70. The average Bonchev–Trinajstić information content (AvgIpc) is 2.14. The van der Waals surface area contributed by atoms with Crippen LogP contribution < -0.4 is 0 Å². The van der Waals surface area contributed by atoms with Gasteiger partial charge in [-0.05, 0) is 5.56 Å². The molecule has 16 heavy (non-hydrogen) atoms. The number of rotatable bonds is 1. The third kappa shape index (κ3) is 1.94. The number of benzene rings is 1. The van der Waals surface area contributed by atoms with Gasteiger partial charge >= 0.3 is 6.18 Å². The maximum atomic E-state index is 13.0. The van der Waals surface area contributed by atoms with Gasteiger partial charge in [-0.15, -0.1) is 0 Å². The topological polar surface area (TPSA) is 20.2 Å². The molecule has 4 heteroatoms. The van der Waals surface area contributed by atoms with Crippen molar-refractivity contribution in [2.45, 2.75) is 32.5 Å². The van der Waals surface area contributed by atoms with E-state index in [-0.39, 0.29) is 5.56 Å². The molecule has 1 unspecified atom stereocenters. The molecule has 0 heterocycles. The molecule has 90 valence electrons. The summed E-state index contributed by atoms with van der Waals surface area (Å²) in [6.07, 6.45) is -4.70. The summed E-state index contributed by atoms with van der Waals surface area (Å²) in [4.78, 5) is 0. The largest absolute Gasteiger partial charge is 0.421 e. The Morgan fingerprint density at radius 1 is 0.938 bits per heavy atom. The van der Waals surface area contributed by atoms with Gasteiger partial charge in [0.25, 0.3) is 0 Å². The predicted octanol–water partition coefficient (Wildman–Crippen LogP) is 3.48. The van der Waals surface area contributed by atoms with E-state index < -0.39 is 17.2 Å². The van der Waals surface area contributed by atoms with Crippen molar-refractivity contribution >= 4 is 0 Å². The van der Waals surface area contributed by atoms with Crippen molar-refractivity contribution in [3.05, 3.63) is 35.9 Å². The Morgan fingerprint density at radius 3 is 1.69 bits per heavy atom. The van der Waals surface area contributed by atoms with E-state index in [1.165, 1.54) is 45.0 Å². The summed E-state index contributed by atoms with van der Waals surface area (Å²) in [7, 11) is 0. The molecule has 0 aromatic heterocycles. The molecule has 1 aromatic rings. The van der Waals surface area contributed by atoms with Gasteiger partial charge in [0, 0.05) is 5.41 Å². The molecular weight excluding hydrogens is 217 g/mol. The Balaban J connectivity index is 3.39. The number of hydrogen-bond acceptors (Lipinski definition) is 1. The van der Waals surface area contributed by atoms with Gasteiger partial charge in [0.1, 0.15) is 0 Å². The van der Waals surface area contributed by atoms with Gasteiger partial charge in [0.2, 0.25) is 0 Å². The molecule has 0 aliphatic carbocycles. The van der Waals surface area contributed by atoms with Gasteiger partial charge in [-0.25, -0.2) is 0 Å². The lowest BCUT2D eigenvalue weighted by Gasteiger charge is -2.41. The molecule has 0 fully saturated rings. The summed E-state index contributed by atoms with van der Waals surface area (Å²) in [5.41, 5.74) is -4.29. The van der Waals surface area contributed by atoms with Gasteiger partial charge in [-0.3, -0.25) is 0 Å². The Labute approximate surface area is 92.9 Å². The maximum Gasteiger partial charge on any atom is 0.421 e. The van der Waals surface area contributed by atoms with E-state index in [0.29, 0.717) is 0 Å². The summed E-state index contributed by atoms with van der Waals surface area (Å²) in [6, 6.07) is 7.16. The van der Waals surface area contributed by atoms with E-state index >= 15 is 0 Å². The van der Waals surface area contributed by atoms with Crippen LogP contribution in [0.15, 0.2) is 30.3 Å². The maximum absolute atomic E-state index is 13.0. The van der Waals surface area contributed by atoms with Gasteiger partial charge in [-0.1, -0.05) is 51.1 Å². The molecule has 0 bridgehead atoms. The lowest BCUT2D eigenvalue weighted by Crippen LogP contribution is -2.52. The Hall–Kier alpha value is -1.03. The van der Waals surface area contributed by atoms with Crippen molar-refractivity contribution in [2.75, 3.05) is 0 Å². The van der Waals surface area contributed by atoms with Crippen molar-refractivity contribution in [1.29, 1.82) is 0 Å². The minimum absolute atomic E-state index is 0.130. The van der Waals surface area contributed by atoms with Gasteiger partial charge in [0.15, 0.2) is 5.60 Å². The van der Waals surface area contributed by atoms with Crippen LogP contribution in [0.4, 0.5) is 13.2 Å². The van der Waals surface area contributed by atoms with E-state index in [9.17, 15) is 18.3 Å². The second-order valence-electron chi connectivity index (χ2n) is 4.82. The molecule has 0 saturated heterocycles. The lowest BCUT2D eigenvalue weighted by atomic mass is 9.71. The smallest absolute Gasteiger partial charge is 0.376 e. The van der Waals surface area contributed by atoms with Crippen LogP contribution in [-0.2, 0) is 5.60 Å². The minimum atomic E-state index is -4.70. The second kappa shape index (κ2) is 3.77. The molecule has 1 nitrogen and oxygen atoms in total. The molecule has 1 aromatic carbocycles. The van der Waals surface area contributed by atoms with Crippen LogP contribution in [0.1, 0.15) is 26.3 Å². The number of alkyl halides is 3. The Morgan fingerprint density at radius 2 is 1.38 bits per heavy atom. The Bertz CT molecular complexity index is 335. The standard InChI is InChI=1S/C12H15F3O/c1-10(2,3)11(16,12(13,14)15)9-7-5-4-6-8-9/h4-8,16H,1-3H3. The van der Waals surface area contributed by atoms with Crippen LogP contribution in [0.2, 0.25) is 0 Å². The van der Waals surface area contributed by atoms with Crippen LogP contribution in [-0.4, -0.2) is 11.3 Å². The number of aliphatic hydroxyl groups is 1. The highest BCUT2D eigenvalue weighted by Gasteiger charge is 2.61. The zero-order chi connectivity index (χ0) is 12.6. The monoisotopic (exact) mass is 232 g/mol. The summed E-state index contributed by atoms with van der Waals surface area (Å²) < 4.78 is 39.1. The van der Waals surface area contributed by atoms with Gasteiger partial charge < -0.3 is 5.11 Å². The van der Waals surface area contributed by atoms with Crippen LogP contribution in [0.5, 0.6) is 0 Å². The first-order chi connectivity index (χ1) is 7.11. The highest BCUT2D eigenvalue weighted by molar-refractivity contribution is 5.26. The van der Waals surface area contributed by atoms with E-state index in [4.69, 9.17) is 0 Å². The van der Waals surface area contributed by atoms with Crippen molar-refractivity contribution < 1.29 is 18.3 Å². The molecule has 0 spiro atoms. The molecule has 1 rings (SSSR count). The molecular formula is C12H15F3O. The first kappa shape index (κ1) is 13.0. The van der Waals surface area contributed by atoms with Crippen LogP contribution in [0.25, 0.3) is 0 Å². The average molecular weight is 232 g/mol. The third-order valence-corrected chi connectivity index (χ3v) is 2.69. The highest BCUT2D eigenvalue weighted by Crippen LogP contribution is 2.50. The summed E-state index contributed by atoms with van der Waals surface area (Å²) in [6.45, 7) is 4.11. The molecule has 1 atom stereocenters. The van der Waals surface area contributed by atoms with E-state index in [2.05, 4.69) is 0 Å². The van der Waals surface area contributed by atoms with Crippen LogP contribution >= 0.6 is 0 Å². The van der Waals surface area contributed by atoms with Crippen molar-refractivity contribution in [1.82, 2.24) is 0 Å². The molecule has 1 N–H and O–H groups in total. The van der Waals surface area contributed by atoms with Crippen molar-refractivity contribution in [2.24, 2.45) is 5.41 Å². The summed E-state index contributed by atoms with van der Waals surface area (Å²) in [5.74, 6) is 0. The third-order valence-electron chi connectivity index (χ3n) is 2.69. The fourth-order valence-electron chi connectivity index (χ4n) is 1.70. The lowest BCUT2D eigenvalue weighted by molar-refractivity contribution is -0.302. The van der Waals surface area contributed by atoms with E-state index in [1.54, 1.807) is 6.07 Å². The minimum Gasteiger partial charge on any atom is -0.376 e. The van der Waals surface area contributed by atoms with Crippen molar-refractivity contribution in [3.8, 4) is 0 Å². The van der Waals surface area contributed by atoms with Crippen LogP contribution in [0.3, 0.4) is 0 Å². The highest BCUT2D eigenvalue weighted by atomic mass is 19.4. The van der Waals surface area contributed by atoms with Crippen molar-refractivity contribution in [3.63, 3.8) is 0 Å².